The van der Waals surface area contributed by atoms with E-state index >= 15 is 0 Å². The molecule has 106 valence electrons. The standard InChI is InChI=1S/C18H16O3.Na/c1-2-13(12-8-4-3-5-9-12)16-17(19)14-10-6-7-11-15(14)21-18(16)20;/h3-11,13,19H,2H2,1H3;/q;+1/p-1. The van der Waals surface area contributed by atoms with E-state index in [-0.39, 0.29) is 46.8 Å². The molecule has 22 heavy (non-hydrogen) atoms. The van der Waals surface area contributed by atoms with Gasteiger partial charge in [-0.3, -0.25) is 0 Å². The summed E-state index contributed by atoms with van der Waals surface area (Å²) in [7, 11) is 0. The van der Waals surface area contributed by atoms with E-state index in [0.29, 0.717) is 17.4 Å². The summed E-state index contributed by atoms with van der Waals surface area (Å²) in [6, 6.07) is 16.5. The maximum atomic E-state index is 12.7. The molecule has 1 unspecified atom stereocenters. The molecule has 0 aliphatic carbocycles. The molecule has 0 N–H and O–H groups in total. The Hall–Kier alpha value is -1.55. The van der Waals surface area contributed by atoms with E-state index in [0.717, 1.165) is 5.56 Å². The van der Waals surface area contributed by atoms with Crippen LogP contribution in [0, 0.1) is 0 Å². The van der Waals surface area contributed by atoms with Crippen LogP contribution < -0.4 is 40.3 Å². The van der Waals surface area contributed by atoms with Gasteiger partial charge < -0.3 is 9.52 Å². The van der Waals surface area contributed by atoms with Crippen LogP contribution in [0.4, 0.5) is 0 Å². The van der Waals surface area contributed by atoms with Crippen molar-refractivity contribution in [2.45, 2.75) is 19.3 Å². The molecular formula is C18H15NaO3. The predicted octanol–water partition coefficient (Wildman–Crippen LogP) is 0.412. The number of hydrogen-bond acceptors (Lipinski definition) is 3. The van der Waals surface area contributed by atoms with Gasteiger partial charge >= 0.3 is 35.2 Å². The Morgan fingerprint density at radius 3 is 2.36 bits per heavy atom. The number of hydrogen-bond donors (Lipinski definition) is 0. The minimum atomic E-state index is -0.533. The molecule has 0 aliphatic heterocycles. The van der Waals surface area contributed by atoms with Crippen molar-refractivity contribution < 1.29 is 39.1 Å². The summed E-state index contributed by atoms with van der Waals surface area (Å²) in [5.74, 6) is -0.461. The summed E-state index contributed by atoms with van der Waals surface area (Å²) < 4.78 is 5.32. The average Bonchev–Trinajstić information content (AvgIpc) is 2.52. The summed E-state index contributed by atoms with van der Waals surface area (Å²) in [6.07, 6.45) is 0.669. The molecule has 0 amide bonds. The van der Waals surface area contributed by atoms with E-state index in [2.05, 4.69) is 0 Å². The Balaban J connectivity index is 0.00000176. The maximum absolute atomic E-state index is 12.7. The fraction of sp³-hybridized carbons (Fsp3) is 0.167. The van der Waals surface area contributed by atoms with E-state index in [1.54, 1.807) is 24.3 Å². The molecule has 0 spiro atoms. The fourth-order valence-electron chi connectivity index (χ4n) is 2.73. The van der Waals surface area contributed by atoms with E-state index in [1.165, 1.54) is 0 Å². The second-order valence-corrected chi connectivity index (χ2v) is 5.00. The summed E-state index contributed by atoms with van der Waals surface area (Å²) in [5, 5.41) is 13.1. The van der Waals surface area contributed by atoms with Gasteiger partial charge in [-0.2, -0.15) is 0 Å². The second-order valence-electron chi connectivity index (χ2n) is 5.00. The molecule has 1 heterocycles. The summed E-state index contributed by atoms with van der Waals surface area (Å²) in [6.45, 7) is 1.96. The van der Waals surface area contributed by atoms with Crippen LogP contribution in [0.2, 0.25) is 0 Å². The molecule has 3 aromatic rings. The number of fused-ring (bicyclic) bond motifs is 1. The third-order valence-electron chi connectivity index (χ3n) is 3.76. The van der Waals surface area contributed by atoms with Crippen LogP contribution in [0.15, 0.2) is 63.8 Å². The normalized spacial score (nSPS) is 11.9. The molecule has 0 radical (unpaired) electrons. The molecule has 0 saturated carbocycles. The molecule has 3 rings (SSSR count). The predicted molar refractivity (Wildman–Crippen MR) is 80.5 cm³/mol. The molecule has 1 atom stereocenters. The van der Waals surface area contributed by atoms with Gasteiger partial charge in [0.2, 0.25) is 0 Å². The second kappa shape index (κ2) is 7.14. The van der Waals surface area contributed by atoms with Crippen LogP contribution >= 0.6 is 0 Å². The van der Waals surface area contributed by atoms with Gasteiger partial charge in [0.15, 0.2) is 0 Å². The summed E-state index contributed by atoms with van der Waals surface area (Å²) in [5.41, 5.74) is 0.996. The van der Waals surface area contributed by atoms with Crippen LogP contribution in [0.5, 0.6) is 5.75 Å². The van der Waals surface area contributed by atoms with Gasteiger partial charge in [-0.05, 0) is 18.1 Å². The van der Waals surface area contributed by atoms with E-state index in [9.17, 15) is 9.90 Å². The zero-order valence-corrected chi connectivity index (χ0v) is 14.7. The quantitative estimate of drug-likeness (QED) is 0.520. The van der Waals surface area contributed by atoms with Crippen molar-refractivity contribution in [3.63, 3.8) is 0 Å². The zero-order chi connectivity index (χ0) is 14.8. The Labute approximate surface area is 150 Å². The van der Waals surface area contributed by atoms with Gasteiger partial charge in [0.25, 0.3) is 0 Å². The SMILES string of the molecule is CCC(c1ccccc1)c1c([O-])c2ccccc2oc1=O.[Na+]. The Morgan fingerprint density at radius 2 is 1.68 bits per heavy atom. The topological polar surface area (TPSA) is 53.3 Å². The van der Waals surface area contributed by atoms with Gasteiger partial charge in [0.05, 0.1) is 0 Å². The van der Waals surface area contributed by atoms with Crippen molar-refractivity contribution >= 4 is 11.0 Å². The van der Waals surface area contributed by atoms with Crippen molar-refractivity contribution in [3.8, 4) is 5.75 Å². The average molecular weight is 302 g/mol. The number of benzene rings is 2. The first kappa shape index (κ1) is 16.8. The van der Waals surface area contributed by atoms with Crippen molar-refractivity contribution in [2.24, 2.45) is 0 Å². The van der Waals surface area contributed by atoms with Crippen LogP contribution in [0.25, 0.3) is 11.0 Å². The van der Waals surface area contributed by atoms with E-state index < -0.39 is 5.63 Å². The maximum Gasteiger partial charge on any atom is 1.00 e. The Bertz CT molecular complexity index is 825. The van der Waals surface area contributed by atoms with Gasteiger partial charge in [0.1, 0.15) is 5.58 Å². The largest absolute Gasteiger partial charge is 1.00 e. The van der Waals surface area contributed by atoms with Crippen LogP contribution in [0.1, 0.15) is 30.4 Å². The summed E-state index contributed by atoms with van der Waals surface area (Å²) >= 11 is 0. The third kappa shape index (κ3) is 2.98. The Morgan fingerprint density at radius 1 is 1.05 bits per heavy atom. The van der Waals surface area contributed by atoms with Crippen molar-refractivity contribution in [1.29, 1.82) is 0 Å². The molecule has 0 saturated heterocycles. The van der Waals surface area contributed by atoms with Gasteiger partial charge in [-0.15, -0.1) is 0 Å². The van der Waals surface area contributed by atoms with Crippen molar-refractivity contribution in [1.82, 2.24) is 0 Å². The Kier molecular flexibility index (Phi) is 5.46. The van der Waals surface area contributed by atoms with Crippen LogP contribution in [-0.2, 0) is 0 Å². The van der Waals surface area contributed by atoms with Gasteiger partial charge in [-0.25, -0.2) is 4.79 Å². The third-order valence-corrected chi connectivity index (χ3v) is 3.76. The van der Waals surface area contributed by atoms with E-state index in [4.69, 9.17) is 4.42 Å². The summed E-state index contributed by atoms with van der Waals surface area (Å²) in [4.78, 5) is 12.3. The molecule has 4 heteroatoms. The first-order valence-electron chi connectivity index (χ1n) is 7.00. The van der Waals surface area contributed by atoms with Crippen molar-refractivity contribution in [2.75, 3.05) is 0 Å². The molecular weight excluding hydrogens is 287 g/mol. The number of para-hydroxylation sites is 1. The first-order chi connectivity index (χ1) is 10.2. The molecule has 0 fully saturated rings. The van der Waals surface area contributed by atoms with E-state index in [1.807, 2.05) is 37.3 Å². The monoisotopic (exact) mass is 302 g/mol. The minimum Gasteiger partial charge on any atom is -0.872 e. The molecule has 0 aliphatic rings. The fourth-order valence-corrected chi connectivity index (χ4v) is 2.73. The van der Waals surface area contributed by atoms with Crippen LogP contribution in [0.3, 0.4) is 0 Å². The molecule has 3 nitrogen and oxygen atoms in total. The van der Waals surface area contributed by atoms with Gasteiger partial charge in [-0.1, -0.05) is 61.2 Å². The first-order valence-corrected chi connectivity index (χ1v) is 7.00. The molecule has 1 aromatic heterocycles. The minimum absolute atomic E-state index is 0. The number of rotatable bonds is 3. The zero-order valence-electron chi connectivity index (χ0n) is 12.7. The molecule has 2 aromatic carbocycles. The molecule has 0 bridgehead atoms. The van der Waals surface area contributed by atoms with Crippen molar-refractivity contribution in [3.05, 3.63) is 76.1 Å². The van der Waals surface area contributed by atoms with Crippen LogP contribution in [-0.4, -0.2) is 0 Å². The van der Waals surface area contributed by atoms with Gasteiger partial charge in [0, 0.05) is 16.9 Å². The smallest absolute Gasteiger partial charge is 0.872 e.